The van der Waals surface area contributed by atoms with Gasteiger partial charge in [-0.05, 0) is 50.4 Å². The molecule has 0 saturated heterocycles. The van der Waals surface area contributed by atoms with Crippen molar-refractivity contribution in [2.75, 3.05) is 24.7 Å². The Hall–Kier alpha value is -0.220. The molecule has 0 atom stereocenters. The van der Waals surface area contributed by atoms with Crippen LogP contribution in [0.3, 0.4) is 0 Å². The van der Waals surface area contributed by atoms with E-state index in [0.29, 0.717) is 0 Å². The minimum Gasteiger partial charge on any atom is -0.398 e. The van der Waals surface area contributed by atoms with Gasteiger partial charge >= 0.3 is 0 Å². The first-order valence-electron chi connectivity index (χ1n) is 3.86. The zero-order chi connectivity index (χ0) is 10.2. The molecule has 0 aliphatic carbocycles. The molecular weight excluding hydrogens is 296 g/mol. The summed E-state index contributed by atoms with van der Waals surface area (Å²) in [6.07, 6.45) is 0. The molecule has 0 fully saturated rings. The molecule has 0 heterocycles. The van der Waals surface area contributed by atoms with E-state index >= 15 is 0 Å². The van der Waals surface area contributed by atoms with Gasteiger partial charge in [0.2, 0.25) is 0 Å². The van der Waals surface area contributed by atoms with Gasteiger partial charge in [-0.15, -0.1) is 0 Å². The minimum absolute atomic E-state index is 0.790. The van der Waals surface area contributed by atoms with Gasteiger partial charge in [-0.3, -0.25) is 0 Å². The third-order valence-electron chi connectivity index (χ3n) is 1.98. The van der Waals surface area contributed by atoms with E-state index < -0.39 is 0 Å². The van der Waals surface area contributed by atoms with Crippen molar-refractivity contribution in [1.82, 2.24) is 0 Å². The summed E-state index contributed by atoms with van der Waals surface area (Å²) in [7, 11) is 4.00. The zero-order valence-electron chi connectivity index (χ0n) is 7.86. The van der Waals surface area contributed by atoms with Crippen LogP contribution in [0.1, 0.15) is 5.56 Å². The predicted molar refractivity (Wildman–Crippen MR) is 65.3 cm³/mol. The highest BCUT2D eigenvalue weighted by atomic mass is 79.9. The summed E-state index contributed by atoms with van der Waals surface area (Å²) in [6.45, 7) is 2.02. The number of rotatable bonds is 1. The normalized spacial score (nSPS) is 10.2. The van der Waals surface area contributed by atoms with E-state index in [1.54, 1.807) is 0 Å². The van der Waals surface area contributed by atoms with E-state index in [9.17, 15) is 0 Å². The summed E-state index contributed by atoms with van der Waals surface area (Å²) in [5.74, 6) is 0. The highest BCUT2D eigenvalue weighted by Gasteiger charge is 2.10. The number of hydrogen-bond acceptors (Lipinski definition) is 2. The smallest absolute Gasteiger partial charge is 0.0551 e. The Morgan fingerprint density at radius 2 is 1.85 bits per heavy atom. The van der Waals surface area contributed by atoms with Gasteiger partial charge in [0.05, 0.1) is 10.2 Å². The molecule has 0 unspecified atom stereocenters. The second-order valence-corrected chi connectivity index (χ2v) is 4.77. The molecule has 0 amide bonds. The van der Waals surface area contributed by atoms with Crippen molar-refractivity contribution in [1.29, 1.82) is 0 Å². The Kier molecular flexibility index (Phi) is 3.24. The summed E-state index contributed by atoms with van der Waals surface area (Å²) in [5.41, 5.74) is 8.94. The van der Waals surface area contributed by atoms with Crippen LogP contribution in [0.25, 0.3) is 0 Å². The van der Waals surface area contributed by atoms with Gasteiger partial charge in [0.25, 0.3) is 0 Å². The predicted octanol–water partition coefficient (Wildman–Crippen LogP) is 3.17. The topological polar surface area (TPSA) is 29.3 Å². The molecule has 0 radical (unpaired) electrons. The molecule has 2 N–H and O–H groups in total. The second kappa shape index (κ2) is 3.88. The quantitative estimate of drug-likeness (QED) is 0.808. The van der Waals surface area contributed by atoms with E-state index in [0.717, 1.165) is 25.9 Å². The number of nitrogens with zero attached hydrogens (tertiary/aromatic N) is 1. The monoisotopic (exact) mass is 306 g/mol. The van der Waals surface area contributed by atoms with Crippen LogP contribution < -0.4 is 10.6 Å². The summed E-state index contributed by atoms with van der Waals surface area (Å²) in [5, 5.41) is 0. The van der Waals surface area contributed by atoms with E-state index in [1.807, 2.05) is 25.9 Å². The molecule has 0 aromatic heterocycles. The van der Waals surface area contributed by atoms with Crippen molar-refractivity contribution in [2.24, 2.45) is 0 Å². The van der Waals surface area contributed by atoms with Gasteiger partial charge in [0, 0.05) is 24.3 Å². The molecule has 0 aliphatic rings. The standard InChI is InChI=1S/C9H12Br2N2/c1-5-7(13(2)3)4-6(10)8(11)9(5)12/h4H,12H2,1-3H3. The molecule has 4 heteroatoms. The van der Waals surface area contributed by atoms with E-state index in [-0.39, 0.29) is 0 Å². The molecule has 13 heavy (non-hydrogen) atoms. The van der Waals surface area contributed by atoms with Crippen LogP contribution in [-0.4, -0.2) is 14.1 Å². The maximum atomic E-state index is 5.92. The first-order valence-corrected chi connectivity index (χ1v) is 5.45. The molecule has 1 rings (SSSR count). The molecule has 0 bridgehead atoms. The van der Waals surface area contributed by atoms with E-state index in [1.165, 1.54) is 0 Å². The van der Waals surface area contributed by atoms with Gasteiger partial charge in [0.15, 0.2) is 0 Å². The number of benzene rings is 1. The second-order valence-electron chi connectivity index (χ2n) is 3.12. The number of anilines is 2. The Balaban J connectivity index is 3.41. The molecule has 1 aromatic carbocycles. The Bertz CT molecular complexity index is 335. The van der Waals surface area contributed by atoms with Crippen LogP contribution in [0.2, 0.25) is 0 Å². The maximum Gasteiger partial charge on any atom is 0.0551 e. The number of nitrogen functional groups attached to an aromatic ring is 1. The third kappa shape index (κ3) is 1.99. The molecule has 0 aliphatic heterocycles. The van der Waals surface area contributed by atoms with Gasteiger partial charge in [-0.1, -0.05) is 0 Å². The summed E-state index contributed by atoms with van der Waals surface area (Å²) in [4.78, 5) is 2.04. The van der Waals surface area contributed by atoms with Crippen LogP contribution >= 0.6 is 31.9 Å². The summed E-state index contributed by atoms with van der Waals surface area (Å²) >= 11 is 6.87. The van der Waals surface area contributed by atoms with Crippen LogP contribution in [0, 0.1) is 6.92 Å². The van der Waals surface area contributed by atoms with Crippen LogP contribution in [-0.2, 0) is 0 Å². The van der Waals surface area contributed by atoms with E-state index in [4.69, 9.17) is 5.73 Å². The van der Waals surface area contributed by atoms with Crippen molar-refractivity contribution in [3.63, 3.8) is 0 Å². The van der Waals surface area contributed by atoms with Crippen molar-refractivity contribution in [3.8, 4) is 0 Å². The Morgan fingerprint density at radius 3 is 2.31 bits per heavy atom. The number of nitrogens with two attached hydrogens (primary N) is 1. The number of halogens is 2. The van der Waals surface area contributed by atoms with Gasteiger partial charge < -0.3 is 10.6 Å². The first kappa shape index (κ1) is 10.9. The molecular formula is C9H12Br2N2. The largest absolute Gasteiger partial charge is 0.398 e. The maximum absolute atomic E-state index is 5.92. The summed E-state index contributed by atoms with van der Waals surface area (Å²) < 4.78 is 1.91. The van der Waals surface area contributed by atoms with Crippen molar-refractivity contribution >= 4 is 43.2 Å². The van der Waals surface area contributed by atoms with Gasteiger partial charge in [-0.25, -0.2) is 0 Å². The lowest BCUT2D eigenvalue weighted by Gasteiger charge is -2.18. The Labute approximate surface area is 95.4 Å². The van der Waals surface area contributed by atoms with E-state index in [2.05, 4.69) is 37.9 Å². The molecule has 72 valence electrons. The van der Waals surface area contributed by atoms with Crippen LogP contribution in [0.15, 0.2) is 15.0 Å². The fourth-order valence-electron chi connectivity index (χ4n) is 1.19. The highest BCUT2D eigenvalue weighted by molar-refractivity contribution is 9.13. The molecule has 2 nitrogen and oxygen atoms in total. The average Bonchev–Trinajstić information content (AvgIpc) is 2.07. The lowest BCUT2D eigenvalue weighted by atomic mass is 10.1. The number of hydrogen-bond donors (Lipinski definition) is 1. The fourth-order valence-corrected chi connectivity index (χ4v) is 2.03. The van der Waals surface area contributed by atoms with Crippen LogP contribution in [0.4, 0.5) is 11.4 Å². The van der Waals surface area contributed by atoms with Crippen molar-refractivity contribution in [3.05, 3.63) is 20.6 Å². The summed E-state index contributed by atoms with van der Waals surface area (Å²) in [6, 6.07) is 2.05. The highest BCUT2D eigenvalue weighted by Crippen LogP contribution is 2.36. The third-order valence-corrected chi connectivity index (χ3v) is 3.99. The Morgan fingerprint density at radius 1 is 1.31 bits per heavy atom. The lowest BCUT2D eigenvalue weighted by Crippen LogP contribution is -2.11. The van der Waals surface area contributed by atoms with Crippen molar-refractivity contribution < 1.29 is 0 Å². The minimum atomic E-state index is 0.790. The van der Waals surface area contributed by atoms with Gasteiger partial charge in [0.1, 0.15) is 0 Å². The average molecular weight is 308 g/mol. The fraction of sp³-hybridized carbons (Fsp3) is 0.333. The van der Waals surface area contributed by atoms with Crippen molar-refractivity contribution in [2.45, 2.75) is 6.92 Å². The SMILES string of the molecule is Cc1c(N(C)C)cc(Br)c(Br)c1N. The zero-order valence-corrected chi connectivity index (χ0v) is 11.0. The van der Waals surface area contributed by atoms with Crippen LogP contribution in [0.5, 0.6) is 0 Å². The molecule has 0 saturated carbocycles. The molecule has 1 aromatic rings. The van der Waals surface area contributed by atoms with Gasteiger partial charge in [-0.2, -0.15) is 0 Å². The molecule has 0 spiro atoms. The first-order chi connectivity index (χ1) is 5.95. The lowest BCUT2D eigenvalue weighted by molar-refractivity contribution is 1.11.